The van der Waals surface area contributed by atoms with Crippen LogP contribution in [-0.2, 0) is 9.59 Å². The maximum atomic E-state index is 12.7. The summed E-state index contributed by atoms with van der Waals surface area (Å²) >= 11 is 3.42. The van der Waals surface area contributed by atoms with Crippen molar-refractivity contribution in [3.63, 3.8) is 0 Å². The van der Waals surface area contributed by atoms with Crippen LogP contribution >= 0.6 is 15.9 Å². The number of nitrogens with zero attached hydrogens (tertiary/aromatic N) is 2. The average Bonchev–Trinajstić information content (AvgIpc) is 3.26. The van der Waals surface area contributed by atoms with E-state index < -0.39 is 0 Å². The van der Waals surface area contributed by atoms with Gasteiger partial charge in [-0.25, -0.2) is 0 Å². The van der Waals surface area contributed by atoms with Gasteiger partial charge in [0.15, 0.2) is 0 Å². The van der Waals surface area contributed by atoms with Crippen LogP contribution in [0.5, 0.6) is 0 Å². The Kier molecular flexibility index (Phi) is 4.20. The summed E-state index contributed by atoms with van der Waals surface area (Å²) in [5.74, 6) is -0.332. The van der Waals surface area contributed by atoms with Gasteiger partial charge >= 0.3 is 0 Å². The molecule has 130 valence electrons. The number of terminal acetylenes is 1. The highest BCUT2D eigenvalue weighted by Crippen LogP contribution is 2.37. The van der Waals surface area contributed by atoms with E-state index in [9.17, 15) is 9.59 Å². The van der Waals surface area contributed by atoms with E-state index in [0.29, 0.717) is 12.6 Å². The number of amides is 2. The zero-order valence-corrected chi connectivity index (χ0v) is 15.4. The van der Waals surface area contributed by atoms with Crippen LogP contribution in [0.2, 0.25) is 0 Å². The topological polar surface area (TPSA) is 52.7 Å². The Morgan fingerprint density at radius 2 is 2.20 bits per heavy atom. The molecule has 1 aromatic carbocycles. The van der Waals surface area contributed by atoms with Crippen molar-refractivity contribution in [3.05, 3.63) is 28.7 Å². The maximum absolute atomic E-state index is 12.7. The summed E-state index contributed by atoms with van der Waals surface area (Å²) in [5, 5.41) is 3.16. The minimum atomic E-state index is -0.301. The lowest BCUT2D eigenvalue weighted by atomic mass is 9.94. The number of rotatable bonds is 3. The highest BCUT2D eigenvalue weighted by Gasteiger charge is 2.46. The molecule has 2 amide bonds. The first-order valence-corrected chi connectivity index (χ1v) is 9.47. The fourth-order valence-electron chi connectivity index (χ4n) is 4.42. The molecule has 6 heteroatoms. The summed E-state index contributed by atoms with van der Waals surface area (Å²) in [6.07, 6.45) is 8.91. The Balaban J connectivity index is 1.41. The molecule has 0 spiro atoms. The smallest absolute Gasteiger partial charge is 0.227 e. The molecule has 3 fully saturated rings. The van der Waals surface area contributed by atoms with Crippen LogP contribution in [-0.4, -0.2) is 41.4 Å². The predicted octanol–water partition coefficient (Wildman–Crippen LogP) is 2.11. The van der Waals surface area contributed by atoms with E-state index in [4.69, 9.17) is 6.42 Å². The van der Waals surface area contributed by atoms with E-state index in [1.165, 1.54) is 0 Å². The molecule has 0 aromatic heterocycles. The summed E-state index contributed by atoms with van der Waals surface area (Å²) in [6.45, 7) is 0.431. The van der Waals surface area contributed by atoms with Crippen LogP contribution in [0.1, 0.15) is 25.7 Å². The van der Waals surface area contributed by atoms with Gasteiger partial charge in [0.25, 0.3) is 0 Å². The fraction of sp³-hybridized carbons (Fsp3) is 0.474. The van der Waals surface area contributed by atoms with Crippen molar-refractivity contribution in [2.24, 2.45) is 5.92 Å². The number of carbonyl (C=O) groups is 2. The van der Waals surface area contributed by atoms with Crippen LogP contribution in [0, 0.1) is 18.4 Å². The molecule has 0 unspecified atom stereocenters. The largest absolute Gasteiger partial charge is 0.351 e. The zero-order valence-electron chi connectivity index (χ0n) is 13.8. The average molecular weight is 402 g/mol. The number of hydrogen-bond acceptors (Lipinski definition) is 3. The molecular formula is C19H20BrN3O2. The Morgan fingerprint density at radius 3 is 2.92 bits per heavy atom. The normalized spacial score (nSPS) is 30.6. The molecule has 3 aliphatic heterocycles. The molecule has 4 atom stereocenters. The molecule has 1 N–H and O–H groups in total. The van der Waals surface area contributed by atoms with Gasteiger partial charge in [-0.2, -0.15) is 0 Å². The zero-order chi connectivity index (χ0) is 17.6. The van der Waals surface area contributed by atoms with Gasteiger partial charge in [0, 0.05) is 35.2 Å². The molecule has 0 saturated carbocycles. The Morgan fingerprint density at radius 1 is 1.36 bits per heavy atom. The van der Waals surface area contributed by atoms with Gasteiger partial charge in [0.05, 0.1) is 18.0 Å². The number of fused-ring (bicyclic) bond motifs is 2. The van der Waals surface area contributed by atoms with Gasteiger partial charge < -0.3 is 15.1 Å². The molecule has 3 heterocycles. The number of hydrogen-bond donors (Lipinski definition) is 1. The van der Waals surface area contributed by atoms with Gasteiger partial charge in [-0.1, -0.05) is 28.4 Å². The highest BCUT2D eigenvalue weighted by atomic mass is 79.9. The molecule has 5 nitrogen and oxygen atoms in total. The lowest BCUT2D eigenvalue weighted by Gasteiger charge is -2.24. The van der Waals surface area contributed by atoms with Crippen LogP contribution in [0.15, 0.2) is 28.7 Å². The van der Waals surface area contributed by atoms with E-state index in [-0.39, 0.29) is 36.2 Å². The predicted molar refractivity (Wildman–Crippen MR) is 98.6 cm³/mol. The standard InChI is InChI=1S/C19H20BrN3O2/c1-2-22-15-6-7-17(22)16(10-15)21-19(25)12-8-18(24)23(11-12)14-5-3-4-13(20)9-14/h1,3-5,9,12,15-17H,6-8,10-11H2,(H,21,25)/t12-,15-,16+,17+/m0/s1. The first-order chi connectivity index (χ1) is 12.1. The van der Waals surface area contributed by atoms with Crippen molar-refractivity contribution in [3.8, 4) is 12.5 Å². The molecule has 25 heavy (non-hydrogen) atoms. The van der Waals surface area contributed by atoms with Gasteiger partial charge in [-0.15, -0.1) is 0 Å². The molecule has 2 bridgehead atoms. The van der Waals surface area contributed by atoms with Crippen LogP contribution in [0.4, 0.5) is 5.69 Å². The van der Waals surface area contributed by atoms with Crippen LogP contribution in [0.3, 0.4) is 0 Å². The third-order valence-electron chi connectivity index (χ3n) is 5.63. The quantitative estimate of drug-likeness (QED) is 0.789. The van der Waals surface area contributed by atoms with E-state index in [1.807, 2.05) is 24.3 Å². The Bertz CT molecular complexity index is 759. The van der Waals surface area contributed by atoms with Gasteiger partial charge in [0.1, 0.15) is 0 Å². The number of carbonyl (C=O) groups excluding carboxylic acids is 2. The van der Waals surface area contributed by atoms with Crippen molar-refractivity contribution in [1.82, 2.24) is 10.2 Å². The van der Waals surface area contributed by atoms with Crippen molar-refractivity contribution >= 4 is 33.4 Å². The van der Waals surface area contributed by atoms with E-state index in [2.05, 4.69) is 32.2 Å². The molecule has 0 radical (unpaired) electrons. The number of halogens is 1. The van der Waals surface area contributed by atoms with Gasteiger partial charge in [0.2, 0.25) is 11.8 Å². The second-order valence-corrected chi connectivity index (χ2v) is 7.99. The summed E-state index contributed by atoms with van der Waals surface area (Å²) in [6, 6.07) is 11.1. The number of anilines is 1. The second kappa shape index (κ2) is 6.38. The summed E-state index contributed by atoms with van der Waals surface area (Å²) in [4.78, 5) is 28.8. The molecule has 0 aliphatic carbocycles. The van der Waals surface area contributed by atoms with Gasteiger partial charge in [-0.05, 0) is 37.5 Å². The second-order valence-electron chi connectivity index (χ2n) is 7.07. The Labute approximate surface area is 155 Å². The summed E-state index contributed by atoms with van der Waals surface area (Å²) in [5.41, 5.74) is 0.827. The minimum absolute atomic E-state index is 0.00329. The van der Waals surface area contributed by atoms with E-state index in [1.54, 1.807) is 4.90 Å². The lowest BCUT2D eigenvalue weighted by Crippen LogP contribution is -2.46. The number of nitrogens with one attached hydrogen (secondary N) is 1. The molecule has 3 saturated heterocycles. The molecule has 3 aliphatic rings. The molecular weight excluding hydrogens is 382 g/mol. The summed E-state index contributed by atoms with van der Waals surface area (Å²) < 4.78 is 0.919. The summed E-state index contributed by atoms with van der Waals surface area (Å²) in [7, 11) is 0. The first-order valence-electron chi connectivity index (χ1n) is 8.67. The third-order valence-corrected chi connectivity index (χ3v) is 6.12. The molecule has 1 aromatic rings. The van der Waals surface area contributed by atoms with E-state index in [0.717, 1.165) is 29.4 Å². The van der Waals surface area contributed by atoms with Crippen LogP contribution < -0.4 is 10.2 Å². The van der Waals surface area contributed by atoms with Crippen molar-refractivity contribution < 1.29 is 9.59 Å². The molecule has 4 rings (SSSR count). The first kappa shape index (κ1) is 16.5. The lowest BCUT2D eigenvalue weighted by molar-refractivity contribution is -0.127. The Hall–Kier alpha value is -2.00. The third kappa shape index (κ3) is 2.91. The van der Waals surface area contributed by atoms with E-state index >= 15 is 0 Å². The monoisotopic (exact) mass is 401 g/mol. The van der Waals surface area contributed by atoms with Crippen molar-refractivity contribution in [2.75, 3.05) is 11.4 Å². The SMILES string of the molecule is C#CN1[C@H]2CC[C@@H]1[C@H](NC(=O)[C@H]1CC(=O)N(c3cccc(Br)c3)C1)C2. The minimum Gasteiger partial charge on any atom is -0.351 e. The van der Waals surface area contributed by atoms with Gasteiger partial charge in [-0.3, -0.25) is 9.59 Å². The van der Waals surface area contributed by atoms with Crippen molar-refractivity contribution in [1.29, 1.82) is 0 Å². The fourth-order valence-corrected chi connectivity index (χ4v) is 4.81. The highest BCUT2D eigenvalue weighted by molar-refractivity contribution is 9.10. The number of benzene rings is 1. The maximum Gasteiger partial charge on any atom is 0.227 e. The van der Waals surface area contributed by atoms with Crippen LogP contribution in [0.25, 0.3) is 0 Å². The van der Waals surface area contributed by atoms with Crippen molar-refractivity contribution in [2.45, 2.75) is 43.8 Å².